The van der Waals surface area contributed by atoms with E-state index in [0.717, 1.165) is 19.3 Å². The maximum atomic E-state index is 5.67. The second kappa shape index (κ2) is 5.65. The standard InChI is InChI=1S/C8H15N/c1-3-5-7-8(9)6-4-2/h8H,4,6-7,9H2,1-2H3/t8-/m1/s1. The largest absolute Gasteiger partial charge is 0.327 e. The maximum absolute atomic E-state index is 5.67. The van der Waals surface area contributed by atoms with Gasteiger partial charge in [0.15, 0.2) is 0 Å². The van der Waals surface area contributed by atoms with Crippen LogP contribution >= 0.6 is 0 Å². The van der Waals surface area contributed by atoms with Crippen LogP contribution in [0, 0.1) is 11.8 Å². The minimum absolute atomic E-state index is 0.294. The fourth-order valence-corrected chi connectivity index (χ4v) is 0.706. The van der Waals surface area contributed by atoms with E-state index in [2.05, 4.69) is 18.8 Å². The SMILES string of the molecule is CC#CC[C@H](N)CCC. The Morgan fingerprint density at radius 2 is 2.22 bits per heavy atom. The molecule has 0 unspecified atom stereocenters. The van der Waals surface area contributed by atoms with Gasteiger partial charge in [-0.3, -0.25) is 0 Å². The lowest BCUT2D eigenvalue weighted by Crippen LogP contribution is -2.18. The summed E-state index contributed by atoms with van der Waals surface area (Å²) in [5.41, 5.74) is 5.67. The molecule has 0 radical (unpaired) electrons. The third-order valence-corrected chi connectivity index (χ3v) is 1.20. The quantitative estimate of drug-likeness (QED) is 0.569. The summed E-state index contributed by atoms with van der Waals surface area (Å²) in [6.45, 7) is 3.98. The summed E-state index contributed by atoms with van der Waals surface area (Å²) in [5.74, 6) is 5.78. The lowest BCUT2D eigenvalue weighted by molar-refractivity contribution is 0.617. The minimum Gasteiger partial charge on any atom is -0.327 e. The van der Waals surface area contributed by atoms with Gasteiger partial charge in [-0.2, -0.15) is 0 Å². The lowest BCUT2D eigenvalue weighted by Gasteiger charge is -2.02. The Balaban J connectivity index is 3.22. The lowest BCUT2D eigenvalue weighted by atomic mass is 10.1. The molecule has 0 aromatic carbocycles. The summed E-state index contributed by atoms with van der Waals surface area (Å²) in [5, 5.41) is 0. The van der Waals surface area contributed by atoms with Crippen molar-refractivity contribution in [3.05, 3.63) is 0 Å². The van der Waals surface area contributed by atoms with Crippen LogP contribution in [0.3, 0.4) is 0 Å². The molecule has 0 aliphatic carbocycles. The molecule has 0 rings (SSSR count). The van der Waals surface area contributed by atoms with Gasteiger partial charge < -0.3 is 5.73 Å². The highest BCUT2D eigenvalue weighted by atomic mass is 14.6. The van der Waals surface area contributed by atoms with Gasteiger partial charge in [-0.25, -0.2) is 0 Å². The maximum Gasteiger partial charge on any atom is 0.0241 e. The van der Waals surface area contributed by atoms with Crippen LogP contribution < -0.4 is 5.73 Å². The minimum atomic E-state index is 0.294. The van der Waals surface area contributed by atoms with E-state index in [1.54, 1.807) is 0 Å². The van der Waals surface area contributed by atoms with E-state index in [9.17, 15) is 0 Å². The van der Waals surface area contributed by atoms with Crippen LogP contribution in [0.4, 0.5) is 0 Å². The molecule has 0 aliphatic heterocycles. The van der Waals surface area contributed by atoms with Crippen molar-refractivity contribution in [2.75, 3.05) is 0 Å². The zero-order chi connectivity index (χ0) is 7.11. The first kappa shape index (κ1) is 8.52. The van der Waals surface area contributed by atoms with Crippen molar-refractivity contribution in [3.63, 3.8) is 0 Å². The van der Waals surface area contributed by atoms with Gasteiger partial charge in [0.05, 0.1) is 0 Å². The molecule has 2 N–H and O–H groups in total. The number of hydrogen-bond acceptors (Lipinski definition) is 1. The van der Waals surface area contributed by atoms with E-state index in [0.29, 0.717) is 6.04 Å². The molecule has 9 heavy (non-hydrogen) atoms. The molecule has 0 fully saturated rings. The van der Waals surface area contributed by atoms with Crippen molar-refractivity contribution in [1.82, 2.24) is 0 Å². The molecule has 0 saturated carbocycles. The summed E-state index contributed by atoms with van der Waals surface area (Å²) in [4.78, 5) is 0. The van der Waals surface area contributed by atoms with Crippen molar-refractivity contribution in [2.45, 2.75) is 39.2 Å². The molecular formula is C8H15N. The van der Waals surface area contributed by atoms with Crippen LogP contribution in [0.2, 0.25) is 0 Å². The predicted octanol–water partition coefficient (Wildman–Crippen LogP) is 1.53. The van der Waals surface area contributed by atoms with Gasteiger partial charge in [-0.05, 0) is 13.3 Å². The Hall–Kier alpha value is -0.480. The molecule has 0 aliphatic rings. The number of nitrogens with two attached hydrogens (primary N) is 1. The topological polar surface area (TPSA) is 26.0 Å². The van der Waals surface area contributed by atoms with Gasteiger partial charge >= 0.3 is 0 Å². The highest BCUT2D eigenvalue weighted by Gasteiger charge is 1.95. The van der Waals surface area contributed by atoms with E-state index in [4.69, 9.17) is 5.73 Å². The molecule has 0 aromatic heterocycles. The van der Waals surface area contributed by atoms with Crippen molar-refractivity contribution < 1.29 is 0 Å². The van der Waals surface area contributed by atoms with Gasteiger partial charge in [-0.15, -0.1) is 11.8 Å². The molecule has 52 valence electrons. The van der Waals surface area contributed by atoms with Crippen LogP contribution in [-0.4, -0.2) is 6.04 Å². The van der Waals surface area contributed by atoms with Gasteiger partial charge in [0.2, 0.25) is 0 Å². The first-order chi connectivity index (χ1) is 4.31. The predicted molar refractivity (Wildman–Crippen MR) is 41.0 cm³/mol. The Kier molecular flexibility index (Phi) is 5.35. The van der Waals surface area contributed by atoms with Crippen LogP contribution in [0.25, 0.3) is 0 Å². The van der Waals surface area contributed by atoms with E-state index < -0.39 is 0 Å². The molecule has 0 aromatic rings. The Bertz CT molecular complexity index is 107. The zero-order valence-electron chi connectivity index (χ0n) is 6.28. The first-order valence-electron chi connectivity index (χ1n) is 3.46. The molecule has 0 amide bonds. The molecule has 1 atom stereocenters. The van der Waals surface area contributed by atoms with Gasteiger partial charge in [0, 0.05) is 12.5 Å². The average Bonchev–Trinajstić information content (AvgIpc) is 1.85. The summed E-state index contributed by atoms with van der Waals surface area (Å²) in [6.07, 6.45) is 3.10. The second-order valence-electron chi connectivity index (χ2n) is 2.18. The monoisotopic (exact) mass is 125 g/mol. The number of hydrogen-bond donors (Lipinski definition) is 1. The summed E-state index contributed by atoms with van der Waals surface area (Å²) in [7, 11) is 0. The highest BCUT2D eigenvalue weighted by molar-refractivity contribution is 4.97. The third kappa shape index (κ3) is 5.39. The summed E-state index contributed by atoms with van der Waals surface area (Å²) < 4.78 is 0. The van der Waals surface area contributed by atoms with Gasteiger partial charge in [-0.1, -0.05) is 13.3 Å². The summed E-state index contributed by atoms with van der Waals surface area (Å²) in [6, 6.07) is 0.294. The van der Waals surface area contributed by atoms with Crippen LogP contribution in [0.1, 0.15) is 33.1 Å². The van der Waals surface area contributed by atoms with Crippen molar-refractivity contribution in [3.8, 4) is 11.8 Å². The fourth-order valence-electron chi connectivity index (χ4n) is 0.706. The first-order valence-corrected chi connectivity index (χ1v) is 3.46. The number of rotatable bonds is 3. The van der Waals surface area contributed by atoms with Gasteiger partial charge in [0.1, 0.15) is 0 Å². The van der Waals surface area contributed by atoms with E-state index in [-0.39, 0.29) is 0 Å². The average molecular weight is 125 g/mol. The Morgan fingerprint density at radius 3 is 2.67 bits per heavy atom. The Morgan fingerprint density at radius 1 is 1.56 bits per heavy atom. The molecule has 0 heterocycles. The van der Waals surface area contributed by atoms with Crippen molar-refractivity contribution in [2.24, 2.45) is 5.73 Å². The van der Waals surface area contributed by atoms with Crippen LogP contribution in [-0.2, 0) is 0 Å². The smallest absolute Gasteiger partial charge is 0.0241 e. The molecule has 1 heteroatoms. The van der Waals surface area contributed by atoms with Crippen LogP contribution in [0.5, 0.6) is 0 Å². The van der Waals surface area contributed by atoms with Gasteiger partial charge in [0.25, 0.3) is 0 Å². The van der Waals surface area contributed by atoms with E-state index in [1.807, 2.05) is 6.92 Å². The zero-order valence-corrected chi connectivity index (χ0v) is 6.28. The molecule has 0 saturated heterocycles. The van der Waals surface area contributed by atoms with Crippen molar-refractivity contribution in [1.29, 1.82) is 0 Å². The normalized spacial score (nSPS) is 11.9. The molecular weight excluding hydrogens is 110 g/mol. The van der Waals surface area contributed by atoms with Crippen LogP contribution in [0.15, 0.2) is 0 Å². The second-order valence-corrected chi connectivity index (χ2v) is 2.18. The highest BCUT2D eigenvalue weighted by Crippen LogP contribution is 1.95. The fraction of sp³-hybridized carbons (Fsp3) is 0.750. The van der Waals surface area contributed by atoms with E-state index >= 15 is 0 Å². The van der Waals surface area contributed by atoms with E-state index in [1.165, 1.54) is 0 Å². The third-order valence-electron chi connectivity index (χ3n) is 1.20. The Labute approximate surface area is 57.6 Å². The molecule has 0 bridgehead atoms. The summed E-state index contributed by atoms with van der Waals surface area (Å²) >= 11 is 0. The van der Waals surface area contributed by atoms with Crippen molar-refractivity contribution >= 4 is 0 Å². The molecule has 0 spiro atoms. The molecule has 1 nitrogen and oxygen atoms in total.